The van der Waals surface area contributed by atoms with Crippen molar-refractivity contribution in [1.82, 2.24) is 10.6 Å². The van der Waals surface area contributed by atoms with Gasteiger partial charge in [0.25, 0.3) is 5.91 Å². The van der Waals surface area contributed by atoms with E-state index in [4.69, 9.17) is 4.74 Å². The molecule has 3 aromatic carbocycles. The quantitative estimate of drug-likeness (QED) is 0.119. The van der Waals surface area contributed by atoms with Crippen molar-refractivity contribution < 1.29 is 24.2 Å². The lowest BCUT2D eigenvalue weighted by Crippen LogP contribution is -2.47. The molecular formula is C42H56N2O5. The summed E-state index contributed by atoms with van der Waals surface area (Å²) in [7, 11) is 0. The topological polar surface area (TPSA) is 105 Å². The van der Waals surface area contributed by atoms with E-state index in [1.54, 1.807) is 18.2 Å². The van der Waals surface area contributed by atoms with E-state index in [1.165, 1.54) is 39.0 Å². The zero-order valence-corrected chi connectivity index (χ0v) is 29.6. The minimum Gasteiger partial charge on any atom is -0.457 e. The largest absolute Gasteiger partial charge is 0.457 e. The Morgan fingerprint density at radius 2 is 1.55 bits per heavy atom. The highest BCUT2D eigenvalue weighted by Crippen LogP contribution is 2.31. The van der Waals surface area contributed by atoms with Crippen LogP contribution >= 0.6 is 0 Å². The zero-order valence-electron chi connectivity index (χ0n) is 29.6. The monoisotopic (exact) mass is 668 g/mol. The van der Waals surface area contributed by atoms with Gasteiger partial charge in [0.2, 0.25) is 5.91 Å². The van der Waals surface area contributed by atoms with Crippen molar-refractivity contribution in [3.63, 3.8) is 0 Å². The lowest BCUT2D eigenvalue weighted by molar-refractivity contribution is -0.128. The number of Topliss-reactive ketones (excluding diaryl/α,β-unsaturated/α-hetero) is 1. The Morgan fingerprint density at radius 1 is 0.878 bits per heavy atom. The van der Waals surface area contributed by atoms with Crippen LogP contribution in [-0.2, 0) is 16.0 Å². The second-order valence-electron chi connectivity index (χ2n) is 14.1. The number of para-hydroxylation sites is 1. The highest BCUT2D eigenvalue weighted by atomic mass is 16.5. The molecule has 1 aliphatic rings. The number of amides is 2. The fourth-order valence-electron chi connectivity index (χ4n) is 7.11. The van der Waals surface area contributed by atoms with Crippen LogP contribution in [-0.4, -0.2) is 40.9 Å². The number of hydrogen-bond donors (Lipinski definition) is 3. The molecule has 0 spiro atoms. The summed E-state index contributed by atoms with van der Waals surface area (Å²) in [6, 6.07) is 25.2. The van der Waals surface area contributed by atoms with Crippen LogP contribution in [0.15, 0.2) is 84.9 Å². The van der Waals surface area contributed by atoms with Crippen molar-refractivity contribution in [3.8, 4) is 11.5 Å². The Labute approximate surface area is 293 Å². The first kappa shape index (κ1) is 37.8. The van der Waals surface area contributed by atoms with Gasteiger partial charge in [-0.15, -0.1) is 0 Å². The lowest BCUT2D eigenvalue weighted by atomic mass is 9.81. The van der Waals surface area contributed by atoms with Gasteiger partial charge < -0.3 is 20.5 Å². The average molecular weight is 669 g/mol. The summed E-state index contributed by atoms with van der Waals surface area (Å²) in [6.45, 7) is 5.48. The SMILES string of the molecule is CCC(C)[C@H](NC(C)=O)C(=O)C[C@@H](CCCC1CCCCC1)C[C@H](O)[C@H](Cc1ccccc1)NC(=O)c1cccc(Oc2ccccc2)c1. The third-order valence-electron chi connectivity index (χ3n) is 10.1. The molecule has 3 N–H and O–H groups in total. The fourth-order valence-corrected chi connectivity index (χ4v) is 7.11. The van der Waals surface area contributed by atoms with E-state index in [1.807, 2.05) is 80.6 Å². The van der Waals surface area contributed by atoms with Gasteiger partial charge in [-0.2, -0.15) is 0 Å². The molecule has 0 aromatic heterocycles. The number of ketones is 1. The Balaban J connectivity index is 1.51. The molecule has 0 radical (unpaired) electrons. The molecule has 5 atom stereocenters. The van der Waals surface area contributed by atoms with Crippen LogP contribution in [0.4, 0.5) is 0 Å². The molecule has 49 heavy (non-hydrogen) atoms. The molecule has 1 saturated carbocycles. The van der Waals surface area contributed by atoms with Crippen molar-refractivity contribution in [1.29, 1.82) is 0 Å². The van der Waals surface area contributed by atoms with Crippen LogP contribution < -0.4 is 15.4 Å². The van der Waals surface area contributed by atoms with E-state index < -0.39 is 18.2 Å². The number of aliphatic hydroxyl groups excluding tert-OH is 1. The fraction of sp³-hybridized carbons (Fsp3) is 0.500. The van der Waals surface area contributed by atoms with Gasteiger partial charge >= 0.3 is 0 Å². The maximum Gasteiger partial charge on any atom is 0.251 e. The predicted octanol–water partition coefficient (Wildman–Crippen LogP) is 8.45. The molecule has 1 fully saturated rings. The highest BCUT2D eigenvalue weighted by molar-refractivity contribution is 5.94. The Bertz CT molecular complexity index is 1440. The van der Waals surface area contributed by atoms with Gasteiger partial charge in [0, 0.05) is 18.9 Å². The van der Waals surface area contributed by atoms with Gasteiger partial charge in [-0.3, -0.25) is 14.4 Å². The number of carbonyl (C=O) groups excluding carboxylic acids is 3. The van der Waals surface area contributed by atoms with Crippen LogP contribution in [0.3, 0.4) is 0 Å². The van der Waals surface area contributed by atoms with Gasteiger partial charge in [0.05, 0.1) is 18.2 Å². The number of ether oxygens (including phenoxy) is 1. The van der Waals surface area contributed by atoms with Gasteiger partial charge in [-0.1, -0.05) is 120 Å². The normalized spacial score (nSPS) is 16.5. The van der Waals surface area contributed by atoms with Crippen molar-refractivity contribution in [2.24, 2.45) is 17.8 Å². The summed E-state index contributed by atoms with van der Waals surface area (Å²) < 4.78 is 5.97. The predicted molar refractivity (Wildman–Crippen MR) is 196 cm³/mol. The Hall–Kier alpha value is -3.97. The molecule has 264 valence electrons. The van der Waals surface area contributed by atoms with Crippen molar-refractivity contribution in [2.45, 2.75) is 116 Å². The van der Waals surface area contributed by atoms with Crippen LogP contribution in [0.5, 0.6) is 11.5 Å². The Kier molecular flexibility index (Phi) is 15.4. The maximum absolute atomic E-state index is 13.7. The third-order valence-corrected chi connectivity index (χ3v) is 10.1. The minimum atomic E-state index is -0.886. The third kappa shape index (κ3) is 12.8. The van der Waals surface area contributed by atoms with Crippen LogP contribution in [0.2, 0.25) is 0 Å². The molecule has 1 unspecified atom stereocenters. The van der Waals surface area contributed by atoms with Gasteiger partial charge in [-0.05, 0) is 72.9 Å². The number of rotatable bonds is 19. The second kappa shape index (κ2) is 19.9. The van der Waals surface area contributed by atoms with E-state index in [0.29, 0.717) is 29.9 Å². The molecule has 7 heteroatoms. The van der Waals surface area contributed by atoms with Crippen molar-refractivity contribution >= 4 is 17.6 Å². The number of aliphatic hydroxyl groups is 1. The van der Waals surface area contributed by atoms with Crippen LogP contribution in [0.1, 0.15) is 107 Å². The first-order valence-electron chi connectivity index (χ1n) is 18.4. The minimum absolute atomic E-state index is 0.0102. The molecular weight excluding hydrogens is 612 g/mol. The van der Waals surface area contributed by atoms with E-state index in [-0.39, 0.29) is 35.9 Å². The van der Waals surface area contributed by atoms with E-state index in [2.05, 4.69) is 10.6 Å². The first-order valence-corrected chi connectivity index (χ1v) is 18.4. The molecule has 7 nitrogen and oxygen atoms in total. The van der Waals surface area contributed by atoms with E-state index in [0.717, 1.165) is 37.2 Å². The highest BCUT2D eigenvalue weighted by Gasteiger charge is 2.31. The average Bonchev–Trinajstić information content (AvgIpc) is 3.11. The molecule has 4 rings (SSSR count). The lowest BCUT2D eigenvalue weighted by Gasteiger charge is -2.30. The van der Waals surface area contributed by atoms with Crippen LogP contribution in [0.25, 0.3) is 0 Å². The smallest absolute Gasteiger partial charge is 0.251 e. The molecule has 0 aliphatic heterocycles. The molecule has 2 amide bonds. The zero-order chi connectivity index (χ0) is 35.0. The summed E-state index contributed by atoms with van der Waals surface area (Å²) in [4.78, 5) is 39.5. The Morgan fingerprint density at radius 3 is 2.22 bits per heavy atom. The van der Waals surface area contributed by atoms with Crippen molar-refractivity contribution in [2.75, 3.05) is 0 Å². The number of carbonyl (C=O) groups is 3. The second-order valence-corrected chi connectivity index (χ2v) is 14.1. The first-order chi connectivity index (χ1) is 23.7. The summed E-state index contributed by atoms with van der Waals surface area (Å²) in [5, 5.41) is 17.9. The summed E-state index contributed by atoms with van der Waals surface area (Å²) in [6.07, 6.45) is 10.4. The number of nitrogens with one attached hydrogen (secondary N) is 2. The summed E-state index contributed by atoms with van der Waals surface area (Å²) >= 11 is 0. The van der Waals surface area contributed by atoms with Gasteiger partial charge in [0.1, 0.15) is 11.5 Å². The van der Waals surface area contributed by atoms with Gasteiger partial charge in [0.15, 0.2) is 5.78 Å². The molecule has 1 aliphatic carbocycles. The summed E-state index contributed by atoms with van der Waals surface area (Å²) in [5.74, 6) is 1.39. The maximum atomic E-state index is 13.7. The molecule has 3 aromatic rings. The standard InChI is InChI=1S/C42H56N2O5/c1-4-30(2)41(43-31(3)45)40(47)28-34(21-14-20-32-16-8-5-9-17-32)27-39(46)38(26-33-18-10-6-11-19-33)44-42(48)35-22-15-25-37(29-35)49-36-23-12-7-13-24-36/h6-7,10-13,15,18-19,22-25,29-30,32,34,38-39,41,46H,4-5,8-9,14,16-17,20-21,26-28H2,1-3H3,(H,43,45)(H,44,48)/t30?,34-,38-,39-,41-/m0/s1. The van der Waals surface area contributed by atoms with Gasteiger partial charge in [-0.25, -0.2) is 0 Å². The molecule has 0 saturated heterocycles. The van der Waals surface area contributed by atoms with Crippen molar-refractivity contribution in [3.05, 3.63) is 96.1 Å². The summed E-state index contributed by atoms with van der Waals surface area (Å²) in [5.41, 5.74) is 1.44. The molecule has 0 bridgehead atoms. The molecule has 0 heterocycles. The van der Waals surface area contributed by atoms with E-state index in [9.17, 15) is 19.5 Å². The number of benzene rings is 3. The van der Waals surface area contributed by atoms with E-state index >= 15 is 0 Å². The van der Waals surface area contributed by atoms with Crippen LogP contribution in [0, 0.1) is 17.8 Å². The number of hydrogen-bond acceptors (Lipinski definition) is 5.